The molecule has 0 aliphatic carbocycles. The smallest absolute Gasteiger partial charge is 0.128 e. The van der Waals surface area contributed by atoms with Gasteiger partial charge < -0.3 is 4.74 Å². The maximum Gasteiger partial charge on any atom is 0.128 e. The number of nitrogens with two attached hydrogens (primary N) is 1. The van der Waals surface area contributed by atoms with Crippen LogP contribution < -0.4 is 16.0 Å². The summed E-state index contributed by atoms with van der Waals surface area (Å²) in [6.07, 6.45) is 0. The quantitative estimate of drug-likeness (QED) is 0.670. The normalized spacial score (nSPS) is 12.3. The summed E-state index contributed by atoms with van der Waals surface area (Å²) in [5.41, 5.74) is 6.96. The molecule has 0 aromatic heterocycles. The topological polar surface area (TPSA) is 47.3 Å². The number of ether oxygens (including phenoxy) is 1. The summed E-state index contributed by atoms with van der Waals surface area (Å²) in [6, 6.07) is 8.82. The Morgan fingerprint density at radius 3 is 2.33 bits per heavy atom. The molecule has 0 heterocycles. The molecule has 3 nitrogen and oxygen atoms in total. The molecule has 1 unspecified atom stereocenters. The van der Waals surface area contributed by atoms with Gasteiger partial charge in [-0.05, 0) is 55.2 Å². The summed E-state index contributed by atoms with van der Waals surface area (Å²) in [4.78, 5) is 0. The number of methoxy groups -OCH3 is 1. The van der Waals surface area contributed by atoms with Crippen molar-refractivity contribution in [2.24, 2.45) is 5.84 Å². The lowest BCUT2D eigenvalue weighted by Gasteiger charge is -2.21. The van der Waals surface area contributed by atoms with E-state index in [4.69, 9.17) is 10.6 Å². The minimum Gasteiger partial charge on any atom is -0.496 e. The van der Waals surface area contributed by atoms with Gasteiger partial charge in [-0.3, -0.25) is 5.84 Å². The number of nitrogens with one attached hydrogen (secondary N) is 1. The van der Waals surface area contributed by atoms with Crippen molar-refractivity contribution >= 4 is 0 Å². The summed E-state index contributed by atoms with van der Waals surface area (Å²) in [5, 5.41) is 0. The summed E-state index contributed by atoms with van der Waals surface area (Å²) < 4.78 is 19.6. The molecule has 0 spiro atoms. The predicted octanol–water partition coefficient (Wildman–Crippen LogP) is 3.31. The maximum absolute atomic E-state index is 14.4. The molecule has 0 amide bonds. The van der Waals surface area contributed by atoms with Gasteiger partial charge in [0.15, 0.2) is 0 Å². The van der Waals surface area contributed by atoms with Gasteiger partial charge in [0.05, 0.1) is 13.2 Å². The van der Waals surface area contributed by atoms with Gasteiger partial charge in [-0.25, -0.2) is 9.82 Å². The van der Waals surface area contributed by atoms with Gasteiger partial charge in [0.25, 0.3) is 0 Å². The average Bonchev–Trinajstić information content (AvgIpc) is 2.42. The molecule has 112 valence electrons. The van der Waals surface area contributed by atoms with Gasteiger partial charge in [0, 0.05) is 5.56 Å². The highest BCUT2D eigenvalue weighted by molar-refractivity contribution is 5.44. The van der Waals surface area contributed by atoms with Gasteiger partial charge in [-0.2, -0.15) is 0 Å². The minimum atomic E-state index is -0.393. The number of benzene rings is 2. The Bertz CT molecular complexity index is 632. The highest BCUT2D eigenvalue weighted by Gasteiger charge is 2.20. The molecule has 0 saturated heterocycles. The highest BCUT2D eigenvalue weighted by atomic mass is 19.1. The molecule has 2 aromatic carbocycles. The highest BCUT2D eigenvalue weighted by Crippen LogP contribution is 2.30. The van der Waals surface area contributed by atoms with E-state index in [1.807, 2.05) is 45.0 Å². The SMILES string of the molecule is COc1ccc(C(NN)c2c(C)cc(C)cc2F)cc1C. The van der Waals surface area contributed by atoms with Gasteiger partial charge in [0.2, 0.25) is 0 Å². The van der Waals surface area contributed by atoms with Gasteiger partial charge in [0.1, 0.15) is 11.6 Å². The van der Waals surface area contributed by atoms with Crippen LogP contribution in [0.5, 0.6) is 5.75 Å². The molecule has 0 bridgehead atoms. The summed E-state index contributed by atoms with van der Waals surface area (Å²) in [6.45, 7) is 5.72. The van der Waals surface area contributed by atoms with Crippen molar-refractivity contribution in [2.75, 3.05) is 7.11 Å². The van der Waals surface area contributed by atoms with Crippen LogP contribution in [0.2, 0.25) is 0 Å². The molecule has 1 atom stereocenters. The first-order valence-electron chi connectivity index (χ1n) is 6.85. The number of hydrogen-bond donors (Lipinski definition) is 2. The standard InChI is InChI=1S/C17H21FN2O/c1-10-7-12(3)16(14(18)8-10)17(20-19)13-5-6-15(21-4)11(2)9-13/h5-9,17,20H,19H2,1-4H3. The van der Waals surface area contributed by atoms with E-state index < -0.39 is 6.04 Å². The fourth-order valence-corrected chi connectivity index (χ4v) is 2.72. The largest absolute Gasteiger partial charge is 0.496 e. The van der Waals surface area contributed by atoms with Crippen LogP contribution in [0.4, 0.5) is 4.39 Å². The molecule has 0 fully saturated rings. The van der Waals surface area contributed by atoms with Crippen molar-refractivity contribution in [1.82, 2.24) is 5.43 Å². The Labute approximate surface area is 124 Å². The Morgan fingerprint density at radius 2 is 1.81 bits per heavy atom. The molecule has 0 aliphatic heterocycles. The zero-order chi connectivity index (χ0) is 15.6. The third-order valence-electron chi connectivity index (χ3n) is 3.69. The minimum absolute atomic E-state index is 0.246. The molecule has 0 aliphatic rings. The first-order valence-corrected chi connectivity index (χ1v) is 6.85. The monoisotopic (exact) mass is 288 g/mol. The Balaban J connectivity index is 2.52. The Morgan fingerprint density at radius 1 is 1.10 bits per heavy atom. The summed E-state index contributed by atoms with van der Waals surface area (Å²) in [7, 11) is 1.63. The zero-order valence-electron chi connectivity index (χ0n) is 12.8. The summed E-state index contributed by atoms with van der Waals surface area (Å²) >= 11 is 0. The van der Waals surface area contributed by atoms with Crippen molar-refractivity contribution < 1.29 is 9.13 Å². The average molecular weight is 288 g/mol. The van der Waals surface area contributed by atoms with Crippen molar-refractivity contribution in [3.8, 4) is 5.75 Å². The molecule has 21 heavy (non-hydrogen) atoms. The van der Waals surface area contributed by atoms with E-state index in [1.165, 1.54) is 6.07 Å². The van der Waals surface area contributed by atoms with Gasteiger partial charge >= 0.3 is 0 Å². The van der Waals surface area contributed by atoms with Crippen molar-refractivity contribution in [2.45, 2.75) is 26.8 Å². The van der Waals surface area contributed by atoms with E-state index in [0.717, 1.165) is 28.0 Å². The zero-order valence-corrected chi connectivity index (χ0v) is 12.8. The van der Waals surface area contributed by atoms with Crippen LogP contribution in [-0.2, 0) is 0 Å². The van der Waals surface area contributed by atoms with Crippen LogP contribution in [0.25, 0.3) is 0 Å². The molecular formula is C17H21FN2O. The van der Waals surface area contributed by atoms with E-state index in [-0.39, 0.29) is 5.82 Å². The van der Waals surface area contributed by atoms with Crippen LogP contribution >= 0.6 is 0 Å². The third kappa shape index (κ3) is 3.06. The molecule has 2 rings (SSSR count). The second-order valence-electron chi connectivity index (χ2n) is 5.31. The fraction of sp³-hybridized carbons (Fsp3) is 0.294. The molecular weight excluding hydrogens is 267 g/mol. The van der Waals surface area contributed by atoms with Gasteiger partial charge in [-0.1, -0.05) is 18.2 Å². The fourth-order valence-electron chi connectivity index (χ4n) is 2.72. The molecule has 2 aromatic rings. The number of aryl methyl sites for hydroxylation is 3. The van der Waals surface area contributed by atoms with E-state index in [1.54, 1.807) is 7.11 Å². The van der Waals surface area contributed by atoms with Crippen LogP contribution in [0, 0.1) is 26.6 Å². The first-order chi connectivity index (χ1) is 9.97. The summed E-state index contributed by atoms with van der Waals surface area (Å²) in [5.74, 6) is 6.24. The van der Waals surface area contributed by atoms with Crippen LogP contribution in [0.1, 0.15) is 33.9 Å². The molecule has 3 N–H and O–H groups in total. The number of hydrazine groups is 1. The maximum atomic E-state index is 14.4. The number of halogens is 1. The lowest BCUT2D eigenvalue weighted by molar-refractivity contribution is 0.411. The third-order valence-corrected chi connectivity index (χ3v) is 3.69. The Kier molecular flexibility index (Phi) is 4.60. The molecule has 4 heteroatoms. The number of rotatable bonds is 4. The van der Waals surface area contributed by atoms with E-state index >= 15 is 0 Å². The van der Waals surface area contributed by atoms with E-state index in [2.05, 4.69) is 5.43 Å². The van der Waals surface area contributed by atoms with Crippen LogP contribution in [-0.4, -0.2) is 7.11 Å². The Hall–Kier alpha value is -1.91. The van der Waals surface area contributed by atoms with Crippen LogP contribution in [0.15, 0.2) is 30.3 Å². The van der Waals surface area contributed by atoms with Gasteiger partial charge in [-0.15, -0.1) is 0 Å². The molecule has 0 saturated carbocycles. The van der Waals surface area contributed by atoms with Crippen LogP contribution in [0.3, 0.4) is 0 Å². The van der Waals surface area contributed by atoms with Crippen molar-refractivity contribution in [1.29, 1.82) is 0 Å². The number of hydrogen-bond acceptors (Lipinski definition) is 3. The second kappa shape index (κ2) is 6.24. The lowest BCUT2D eigenvalue weighted by Crippen LogP contribution is -2.30. The van der Waals surface area contributed by atoms with E-state index in [0.29, 0.717) is 5.56 Å². The van der Waals surface area contributed by atoms with Crippen molar-refractivity contribution in [3.05, 3.63) is 64.0 Å². The second-order valence-corrected chi connectivity index (χ2v) is 5.31. The molecule has 0 radical (unpaired) electrons. The van der Waals surface area contributed by atoms with Crippen molar-refractivity contribution in [3.63, 3.8) is 0 Å². The first kappa shape index (κ1) is 15.5. The van der Waals surface area contributed by atoms with E-state index in [9.17, 15) is 4.39 Å². The predicted molar refractivity (Wildman–Crippen MR) is 82.8 cm³/mol. The lowest BCUT2D eigenvalue weighted by atomic mass is 9.92.